The number of halogens is 1. The number of nitrogens with zero attached hydrogens (tertiary/aromatic N) is 3. The third-order valence-corrected chi connectivity index (χ3v) is 5.22. The van der Waals surface area contributed by atoms with E-state index in [0.717, 1.165) is 48.7 Å². The zero-order valence-corrected chi connectivity index (χ0v) is 17.8. The molecule has 0 atom stereocenters. The quantitative estimate of drug-likeness (QED) is 0.561. The highest BCUT2D eigenvalue weighted by molar-refractivity contribution is 6.29. The van der Waals surface area contributed by atoms with E-state index in [0.29, 0.717) is 29.5 Å². The van der Waals surface area contributed by atoms with Crippen molar-refractivity contribution in [3.05, 3.63) is 23.0 Å². The van der Waals surface area contributed by atoms with Crippen LogP contribution < -0.4 is 5.32 Å². The number of anilines is 1. The Kier molecular flexibility index (Phi) is 6.38. The standard InChI is InChI=1S/C21H29ClN4O2/c1-5-14-11-17(22)25-16-12-23-20(26-19(14)16)24-15-8-6-13(7-9-15)10-18(27)28-21(2,3)4/h11-13,15H,5-10H2,1-4H3,(H,23,24,26). The van der Waals surface area contributed by atoms with Crippen molar-refractivity contribution in [2.75, 3.05) is 5.32 Å². The Labute approximate surface area is 171 Å². The lowest BCUT2D eigenvalue weighted by Gasteiger charge is -2.29. The van der Waals surface area contributed by atoms with Gasteiger partial charge in [-0.15, -0.1) is 0 Å². The van der Waals surface area contributed by atoms with E-state index >= 15 is 0 Å². The van der Waals surface area contributed by atoms with Gasteiger partial charge in [0.2, 0.25) is 5.95 Å². The molecule has 28 heavy (non-hydrogen) atoms. The van der Waals surface area contributed by atoms with Gasteiger partial charge in [-0.25, -0.2) is 15.0 Å². The zero-order chi connectivity index (χ0) is 20.3. The Morgan fingerprint density at radius 2 is 1.96 bits per heavy atom. The maximum absolute atomic E-state index is 12.0. The maximum Gasteiger partial charge on any atom is 0.306 e. The summed E-state index contributed by atoms with van der Waals surface area (Å²) in [6.45, 7) is 7.79. The first-order chi connectivity index (χ1) is 13.2. The van der Waals surface area contributed by atoms with Crippen LogP contribution >= 0.6 is 11.6 Å². The van der Waals surface area contributed by atoms with Crippen LogP contribution in [0, 0.1) is 5.92 Å². The highest BCUT2D eigenvalue weighted by Crippen LogP contribution is 2.29. The summed E-state index contributed by atoms with van der Waals surface area (Å²) in [4.78, 5) is 25.4. The summed E-state index contributed by atoms with van der Waals surface area (Å²) in [6.07, 6.45) is 7.06. The molecule has 2 heterocycles. The lowest BCUT2D eigenvalue weighted by molar-refractivity contribution is -0.156. The van der Waals surface area contributed by atoms with Gasteiger partial charge in [-0.1, -0.05) is 18.5 Å². The number of pyridine rings is 1. The molecule has 1 aliphatic rings. The summed E-state index contributed by atoms with van der Waals surface area (Å²) in [6, 6.07) is 2.18. The van der Waals surface area contributed by atoms with E-state index in [1.165, 1.54) is 0 Å². The molecule has 0 unspecified atom stereocenters. The van der Waals surface area contributed by atoms with E-state index in [2.05, 4.69) is 27.2 Å². The minimum absolute atomic E-state index is 0.0972. The minimum Gasteiger partial charge on any atom is -0.460 e. The molecule has 0 amide bonds. The molecule has 6 nitrogen and oxygen atoms in total. The van der Waals surface area contributed by atoms with Crippen molar-refractivity contribution in [2.24, 2.45) is 5.92 Å². The first-order valence-corrected chi connectivity index (χ1v) is 10.4. The van der Waals surface area contributed by atoms with Crippen molar-refractivity contribution in [1.82, 2.24) is 15.0 Å². The molecule has 1 saturated carbocycles. The number of rotatable bonds is 5. The van der Waals surface area contributed by atoms with Crippen LogP contribution in [0.5, 0.6) is 0 Å². The molecule has 152 valence electrons. The van der Waals surface area contributed by atoms with Gasteiger partial charge in [0.15, 0.2) is 0 Å². The molecule has 7 heteroatoms. The fraction of sp³-hybridized carbons (Fsp3) is 0.619. The largest absolute Gasteiger partial charge is 0.460 e. The molecule has 0 spiro atoms. The topological polar surface area (TPSA) is 77.0 Å². The highest BCUT2D eigenvalue weighted by atomic mass is 35.5. The van der Waals surface area contributed by atoms with Crippen LogP contribution in [0.4, 0.5) is 5.95 Å². The molecular weight excluding hydrogens is 376 g/mol. The SMILES string of the molecule is CCc1cc(Cl)nc2cnc(NC3CCC(CC(=O)OC(C)(C)C)CC3)nc12. The average Bonchev–Trinajstić information content (AvgIpc) is 2.61. The zero-order valence-electron chi connectivity index (χ0n) is 17.1. The average molecular weight is 405 g/mol. The van der Waals surface area contributed by atoms with Gasteiger partial charge in [0.1, 0.15) is 16.3 Å². The lowest BCUT2D eigenvalue weighted by Crippen LogP contribution is -2.30. The van der Waals surface area contributed by atoms with Crippen molar-refractivity contribution in [3.63, 3.8) is 0 Å². The summed E-state index contributed by atoms with van der Waals surface area (Å²) >= 11 is 6.07. The van der Waals surface area contributed by atoms with Gasteiger partial charge >= 0.3 is 5.97 Å². The van der Waals surface area contributed by atoms with Gasteiger partial charge < -0.3 is 10.1 Å². The molecule has 2 aromatic heterocycles. The van der Waals surface area contributed by atoms with Gasteiger partial charge in [-0.3, -0.25) is 4.79 Å². The van der Waals surface area contributed by atoms with E-state index in [9.17, 15) is 4.79 Å². The van der Waals surface area contributed by atoms with E-state index in [1.807, 2.05) is 26.8 Å². The number of carbonyl (C=O) groups excluding carboxylic acids is 1. The molecule has 0 aromatic carbocycles. The highest BCUT2D eigenvalue weighted by Gasteiger charge is 2.26. The van der Waals surface area contributed by atoms with Gasteiger partial charge in [0.05, 0.1) is 11.7 Å². The van der Waals surface area contributed by atoms with Crippen LogP contribution in [-0.2, 0) is 16.0 Å². The Bertz CT molecular complexity index is 842. The Balaban J connectivity index is 1.57. The van der Waals surface area contributed by atoms with Gasteiger partial charge in [0.25, 0.3) is 0 Å². The van der Waals surface area contributed by atoms with E-state index < -0.39 is 5.60 Å². The van der Waals surface area contributed by atoms with Crippen LogP contribution in [0.2, 0.25) is 5.15 Å². The van der Waals surface area contributed by atoms with Gasteiger partial charge in [-0.05, 0) is 70.4 Å². The van der Waals surface area contributed by atoms with Crippen molar-refractivity contribution >= 4 is 34.6 Å². The van der Waals surface area contributed by atoms with E-state index in [1.54, 1.807) is 6.20 Å². The number of nitrogens with one attached hydrogen (secondary N) is 1. The normalized spacial score (nSPS) is 20.2. The predicted octanol–water partition coefficient (Wildman–Crippen LogP) is 4.94. The van der Waals surface area contributed by atoms with Gasteiger partial charge in [0, 0.05) is 12.5 Å². The number of ether oxygens (including phenoxy) is 1. The molecular formula is C21H29ClN4O2. The van der Waals surface area contributed by atoms with Crippen LogP contribution in [-0.4, -0.2) is 32.6 Å². The summed E-state index contributed by atoms with van der Waals surface area (Å²) in [5.74, 6) is 0.922. The Morgan fingerprint density at radius 1 is 1.25 bits per heavy atom. The third-order valence-electron chi connectivity index (χ3n) is 5.03. The number of aromatic nitrogens is 3. The number of fused-ring (bicyclic) bond motifs is 1. The number of aryl methyl sites for hydroxylation is 1. The van der Waals surface area contributed by atoms with Crippen LogP contribution in [0.15, 0.2) is 12.3 Å². The van der Waals surface area contributed by atoms with Crippen LogP contribution in [0.25, 0.3) is 11.0 Å². The molecule has 0 saturated heterocycles. The third kappa shape index (κ3) is 5.53. The van der Waals surface area contributed by atoms with Crippen LogP contribution in [0.1, 0.15) is 65.4 Å². The van der Waals surface area contributed by atoms with Crippen LogP contribution in [0.3, 0.4) is 0 Å². The monoisotopic (exact) mass is 404 g/mol. The second-order valence-corrected chi connectivity index (χ2v) is 8.92. The second-order valence-electron chi connectivity index (χ2n) is 8.54. The molecule has 1 aliphatic carbocycles. The predicted molar refractivity (Wildman–Crippen MR) is 112 cm³/mol. The maximum atomic E-state index is 12.0. The lowest BCUT2D eigenvalue weighted by atomic mass is 9.84. The molecule has 2 aromatic rings. The number of hydrogen-bond acceptors (Lipinski definition) is 6. The first kappa shape index (κ1) is 20.8. The fourth-order valence-corrected chi connectivity index (χ4v) is 3.93. The summed E-state index contributed by atoms with van der Waals surface area (Å²) in [7, 11) is 0. The van der Waals surface area contributed by atoms with E-state index in [4.69, 9.17) is 16.3 Å². The molecule has 1 N–H and O–H groups in total. The summed E-state index contributed by atoms with van der Waals surface area (Å²) < 4.78 is 5.44. The molecule has 0 bridgehead atoms. The Hall–Kier alpha value is -1.95. The molecule has 0 aliphatic heterocycles. The molecule has 0 radical (unpaired) electrons. The second kappa shape index (κ2) is 8.60. The smallest absolute Gasteiger partial charge is 0.306 e. The van der Waals surface area contributed by atoms with Crippen molar-refractivity contribution < 1.29 is 9.53 Å². The fourth-order valence-electron chi connectivity index (χ4n) is 3.70. The number of hydrogen-bond donors (Lipinski definition) is 1. The van der Waals surface area contributed by atoms with E-state index in [-0.39, 0.29) is 5.97 Å². The van der Waals surface area contributed by atoms with Crippen molar-refractivity contribution in [1.29, 1.82) is 0 Å². The number of esters is 1. The number of carbonyl (C=O) groups is 1. The molecule has 3 rings (SSSR count). The van der Waals surface area contributed by atoms with Crippen molar-refractivity contribution in [2.45, 2.75) is 77.9 Å². The summed E-state index contributed by atoms with van der Waals surface area (Å²) in [5, 5.41) is 3.92. The van der Waals surface area contributed by atoms with Gasteiger partial charge in [-0.2, -0.15) is 0 Å². The first-order valence-electron chi connectivity index (χ1n) is 10.0. The summed E-state index contributed by atoms with van der Waals surface area (Å²) in [5.41, 5.74) is 2.22. The van der Waals surface area contributed by atoms with Crippen molar-refractivity contribution in [3.8, 4) is 0 Å². The molecule has 1 fully saturated rings. The Morgan fingerprint density at radius 3 is 2.61 bits per heavy atom. The minimum atomic E-state index is -0.417.